The highest BCUT2D eigenvalue weighted by Crippen LogP contribution is 2.04. The molecule has 0 heterocycles. The van der Waals surface area contributed by atoms with Crippen LogP contribution >= 0.6 is 0 Å². The van der Waals surface area contributed by atoms with E-state index >= 15 is 0 Å². The summed E-state index contributed by atoms with van der Waals surface area (Å²) in [6.07, 6.45) is 0.103. The number of carbonyl (C=O) groups excluding carboxylic acids is 2. The molecule has 0 spiro atoms. The van der Waals surface area contributed by atoms with Crippen LogP contribution in [0.1, 0.15) is 29.3 Å². The monoisotopic (exact) mass is 260 g/mol. The van der Waals surface area contributed by atoms with Crippen LogP contribution in [0, 0.1) is 11.8 Å². The molecule has 100 valence electrons. The van der Waals surface area contributed by atoms with E-state index in [1.165, 1.54) is 0 Å². The molecule has 2 amide bonds. The molecule has 1 unspecified atom stereocenters. The van der Waals surface area contributed by atoms with Gasteiger partial charge in [0.05, 0.1) is 0 Å². The number of benzene rings is 1. The molecule has 0 fully saturated rings. The van der Waals surface area contributed by atoms with E-state index in [1.807, 2.05) is 0 Å². The molecule has 0 aliphatic carbocycles. The van der Waals surface area contributed by atoms with Gasteiger partial charge < -0.3 is 16.2 Å². The van der Waals surface area contributed by atoms with Crippen molar-refractivity contribution in [3.63, 3.8) is 0 Å². The van der Waals surface area contributed by atoms with Crippen LogP contribution in [-0.4, -0.2) is 29.6 Å². The van der Waals surface area contributed by atoms with Gasteiger partial charge in [0.25, 0.3) is 5.91 Å². The van der Waals surface area contributed by atoms with Crippen molar-refractivity contribution in [3.05, 3.63) is 35.4 Å². The van der Waals surface area contributed by atoms with E-state index in [1.54, 1.807) is 31.2 Å². The molecule has 0 saturated heterocycles. The fourth-order valence-electron chi connectivity index (χ4n) is 1.51. The average Bonchev–Trinajstić information content (AvgIpc) is 2.35. The highest BCUT2D eigenvalue weighted by molar-refractivity contribution is 5.94. The summed E-state index contributed by atoms with van der Waals surface area (Å²) in [6, 6.07) is 6.34. The second-order valence-electron chi connectivity index (χ2n) is 4.08. The number of aliphatic hydroxyl groups is 1. The summed E-state index contributed by atoms with van der Waals surface area (Å²) < 4.78 is 0. The van der Waals surface area contributed by atoms with E-state index in [9.17, 15) is 9.59 Å². The van der Waals surface area contributed by atoms with Crippen molar-refractivity contribution in [2.24, 2.45) is 5.73 Å². The number of rotatable bonds is 4. The number of aliphatic hydroxyl groups excluding tert-OH is 1. The van der Waals surface area contributed by atoms with Crippen molar-refractivity contribution in [2.45, 2.75) is 19.4 Å². The van der Waals surface area contributed by atoms with Crippen molar-refractivity contribution in [2.75, 3.05) is 6.61 Å². The lowest BCUT2D eigenvalue weighted by Gasteiger charge is -2.11. The summed E-state index contributed by atoms with van der Waals surface area (Å²) in [7, 11) is 0. The highest BCUT2D eigenvalue weighted by atomic mass is 16.2. The Balaban J connectivity index is 2.65. The largest absolute Gasteiger partial charge is 0.384 e. The van der Waals surface area contributed by atoms with Crippen molar-refractivity contribution >= 4 is 11.8 Å². The molecule has 1 atom stereocenters. The van der Waals surface area contributed by atoms with Crippen LogP contribution in [0.5, 0.6) is 0 Å². The van der Waals surface area contributed by atoms with Crippen molar-refractivity contribution < 1.29 is 14.7 Å². The van der Waals surface area contributed by atoms with E-state index in [2.05, 4.69) is 17.2 Å². The minimum atomic E-state index is -0.456. The number of nitrogens with one attached hydrogen (secondary N) is 1. The van der Waals surface area contributed by atoms with Crippen molar-refractivity contribution in [1.29, 1.82) is 0 Å². The number of nitrogens with two attached hydrogens (primary N) is 1. The third kappa shape index (κ3) is 5.23. The Morgan fingerprint density at radius 3 is 2.53 bits per heavy atom. The van der Waals surface area contributed by atoms with Gasteiger partial charge in [-0.2, -0.15) is 0 Å². The molecule has 0 aromatic heterocycles. The SMILES string of the molecule is CC(CC(N)=O)NC(=O)c1ccc(C#CCO)cc1. The Hall–Kier alpha value is -2.32. The lowest BCUT2D eigenvalue weighted by atomic mass is 10.1. The van der Waals surface area contributed by atoms with Crippen LogP contribution in [0.4, 0.5) is 0 Å². The second-order valence-corrected chi connectivity index (χ2v) is 4.08. The van der Waals surface area contributed by atoms with E-state index < -0.39 is 5.91 Å². The number of hydrogen-bond acceptors (Lipinski definition) is 3. The maximum atomic E-state index is 11.8. The zero-order valence-corrected chi connectivity index (χ0v) is 10.6. The molecule has 0 aliphatic rings. The van der Waals surface area contributed by atoms with Gasteiger partial charge in [-0.3, -0.25) is 9.59 Å². The van der Waals surface area contributed by atoms with Crippen LogP contribution in [0.15, 0.2) is 24.3 Å². The van der Waals surface area contributed by atoms with Crippen molar-refractivity contribution in [3.8, 4) is 11.8 Å². The molecule has 5 nitrogen and oxygen atoms in total. The molecule has 1 aromatic carbocycles. The first-order valence-electron chi connectivity index (χ1n) is 5.82. The summed E-state index contributed by atoms with van der Waals surface area (Å²) in [5.74, 6) is 4.53. The maximum Gasteiger partial charge on any atom is 0.251 e. The van der Waals surface area contributed by atoms with Crippen LogP contribution in [0.25, 0.3) is 0 Å². The Labute approximate surface area is 111 Å². The first-order chi connectivity index (χ1) is 9.02. The van der Waals surface area contributed by atoms with Crippen molar-refractivity contribution in [1.82, 2.24) is 5.32 Å². The van der Waals surface area contributed by atoms with Gasteiger partial charge in [0.2, 0.25) is 5.91 Å². The molecule has 1 rings (SSSR count). The zero-order chi connectivity index (χ0) is 14.3. The molecule has 4 N–H and O–H groups in total. The number of primary amides is 1. The lowest BCUT2D eigenvalue weighted by molar-refractivity contribution is -0.118. The predicted molar refractivity (Wildman–Crippen MR) is 71.1 cm³/mol. The predicted octanol–water partition coefficient (Wildman–Crippen LogP) is 0.0241. The molecule has 1 aromatic rings. The third-order valence-electron chi connectivity index (χ3n) is 2.34. The smallest absolute Gasteiger partial charge is 0.251 e. The highest BCUT2D eigenvalue weighted by Gasteiger charge is 2.11. The summed E-state index contributed by atoms with van der Waals surface area (Å²) in [5, 5.41) is 11.2. The molecular weight excluding hydrogens is 244 g/mol. The number of carbonyl (C=O) groups is 2. The summed E-state index contributed by atoms with van der Waals surface area (Å²) in [4.78, 5) is 22.5. The van der Waals surface area contributed by atoms with Gasteiger partial charge in [0.15, 0.2) is 0 Å². The average molecular weight is 260 g/mol. The van der Waals surface area contributed by atoms with Gasteiger partial charge in [-0.05, 0) is 31.2 Å². The standard InChI is InChI=1S/C14H16N2O3/c1-10(9-13(15)18)16-14(19)12-6-4-11(5-7-12)3-2-8-17/h4-7,10,17H,8-9H2,1H3,(H2,15,18)(H,16,19). The molecule has 0 radical (unpaired) electrons. The molecule has 0 aliphatic heterocycles. The Kier molecular flexibility index (Phi) is 5.58. The number of amides is 2. The molecule has 0 saturated carbocycles. The van der Waals surface area contributed by atoms with Gasteiger partial charge in [-0.15, -0.1) is 0 Å². The van der Waals surface area contributed by atoms with E-state index in [0.29, 0.717) is 5.56 Å². The summed E-state index contributed by atoms with van der Waals surface area (Å²) in [5.41, 5.74) is 6.24. The molecule has 0 bridgehead atoms. The maximum absolute atomic E-state index is 11.8. The summed E-state index contributed by atoms with van der Waals surface area (Å²) >= 11 is 0. The Bertz CT molecular complexity index is 512. The van der Waals surface area contributed by atoms with Gasteiger partial charge >= 0.3 is 0 Å². The van der Waals surface area contributed by atoms with Crippen LogP contribution in [0.2, 0.25) is 0 Å². The fraction of sp³-hybridized carbons (Fsp3) is 0.286. The van der Waals surface area contributed by atoms with E-state index in [4.69, 9.17) is 10.8 Å². The molecular formula is C14H16N2O3. The first kappa shape index (κ1) is 14.7. The van der Waals surface area contributed by atoms with E-state index in [-0.39, 0.29) is 25.0 Å². The second kappa shape index (κ2) is 7.19. The van der Waals surface area contributed by atoms with Crippen LogP contribution in [-0.2, 0) is 4.79 Å². The topological polar surface area (TPSA) is 92.4 Å². The van der Waals surface area contributed by atoms with Gasteiger partial charge in [-0.1, -0.05) is 11.8 Å². The van der Waals surface area contributed by atoms with Crippen LogP contribution in [0.3, 0.4) is 0 Å². The minimum absolute atomic E-state index is 0.103. The molecule has 5 heteroatoms. The van der Waals surface area contributed by atoms with E-state index in [0.717, 1.165) is 5.56 Å². The quantitative estimate of drug-likeness (QED) is 0.666. The number of hydrogen-bond donors (Lipinski definition) is 3. The fourth-order valence-corrected chi connectivity index (χ4v) is 1.51. The normalized spacial score (nSPS) is 11.1. The van der Waals surface area contributed by atoms with Gasteiger partial charge in [0, 0.05) is 23.6 Å². The lowest BCUT2D eigenvalue weighted by Crippen LogP contribution is -2.35. The summed E-state index contributed by atoms with van der Waals surface area (Å²) in [6.45, 7) is 1.51. The van der Waals surface area contributed by atoms with Gasteiger partial charge in [0.1, 0.15) is 6.61 Å². The third-order valence-corrected chi connectivity index (χ3v) is 2.34. The molecule has 19 heavy (non-hydrogen) atoms. The zero-order valence-electron chi connectivity index (χ0n) is 10.6. The minimum Gasteiger partial charge on any atom is -0.384 e. The van der Waals surface area contributed by atoms with Gasteiger partial charge in [-0.25, -0.2) is 0 Å². The van der Waals surface area contributed by atoms with Crippen LogP contribution < -0.4 is 11.1 Å². The Morgan fingerprint density at radius 1 is 1.37 bits per heavy atom. The Morgan fingerprint density at radius 2 is 2.00 bits per heavy atom. The first-order valence-corrected chi connectivity index (χ1v) is 5.82.